The average molecular weight is 525 g/mol. The van der Waals surface area contributed by atoms with E-state index in [-0.39, 0.29) is 23.4 Å². The molecule has 0 aliphatic carbocycles. The number of benzene rings is 5. The van der Waals surface area contributed by atoms with Gasteiger partial charge in [0.15, 0.2) is 11.6 Å². The predicted octanol–water partition coefficient (Wildman–Crippen LogP) is 6.65. The highest BCUT2D eigenvalue weighted by molar-refractivity contribution is 6.11. The molecule has 0 unspecified atom stereocenters. The Hall–Kier alpha value is -5.62. The zero-order valence-electron chi connectivity index (χ0n) is 21.3. The van der Waals surface area contributed by atoms with E-state index in [0.717, 1.165) is 0 Å². The van der Waals surface area contributed by atoms with Gasteiger partial charge in [-0.05, 0) is 66.7 Å². The van der Waals surface area contributed by atoms with Crippen molar-refractivity contribution in [2.24, 2.45) is 0 Å². The normalized spacial score (nSPS) is 10.4. The monoisotopic (exact) mass is 524 g/mol. The summed E-state index contributed by atoms with van der Waals surface area (Å²) >= 11 is 0. The van der Waals surface area contributed by atoms with Gasteiger partial charge in [0.05, 0.1) is 0 Å². The molecule has 0 saturated carbocycles. The number of nitrogens with one attached hydrogen (secondary N) is 2. The van der Waals surface area contributed by atoms with Gasteiger partial charge in [0.25, 0.3) is 11.8 Å². The molecule has 2 amide bonds. The van der Waals surface area contributed by atoms with E-state index in [0.29, 0.717) is 44.8 Å². The number of rotatable bonds is 8. The molecule has 0 saturated heterocycles. The van der Waals surface area contributed by atoms with Crippen LogP contribution in [0.2, 0.25) is 0 Å². The summed E-state index contributed by atoms with van der Waals surface area (Å²) in [7, 11) is 0. The molecule has 5 rings (SSSR count). The van der Waals surface area contributed by atoms with Crippen molar-refractivity contribution in [3.05, 3.63) is 167 Å². The third kappa shape index (κ3) is 6.09. The lowest BCUT2D eigenvalue weighted by atomic mass is 10.0. The van der Waals surface area contributed by atoms with Crippen molar-refractivity contribution in [2.75, 3.05) is 10.6 Å². The van der Waals surface area contributed by atoms with E-state index >= 15 is 0 Å². The molecule has 0 atom stereocenters. The molecule has 0 radical (unpaired) electrons. The lowest BCUT2D eigenvalue weighted by Gasteiger charge is -2.09. The SMILES string of the molecule is O=C(Nc1ccc(C(=O)c2ccccc2)cc1)c1cccc(C(=O)Nc2ccc(C(=O)c3ccccc3)cc2)c1. The summed E-state index contributed by atoms with van der Waals surface area (Å²) in [6.45, 7) is 0. The van der Waals surface area contributed by atoms with E-state index in [1.54, 1.807) is 115 Å². The Balaban J connectivity index is 1.21. The Morgan fingerprint density at radius 3 is 1.05 bits per heavy atom. The highest BCUT2D eigenvalue weighted by Gasteiger charge is 2.14. The second-order valence-corrected chi connectivity index (χ2v) is 9.03. The van der Waals surface area contributed by atoms with Crippen LogP contribution in [0.3, 0.4) is 0 Å². The standard InChI is InChI=1S/C34H24N2O4/c37-31(23-8-3-1-4-9-23)25-14-18-29(19-15-25)35-33(39)27-12-7-13-28(22-27)34(40)36-30-20-16-26(17-21-30)32(38)24-10-5-2-6-11-24/h1-22H,(H,35,39)(H,36,40). The molecular weight excluding hydrogens is 500 g/mol. The van der Waals surface area contributed by atoms with Crippen molar-refractivity contribution < 1.29 is 19.2 Å². The fourth-order valence-electron chi connectivity index (χ4n) is 4.13. The van der Waals surface area contributed by atoms with Gasteiger partial charge >= 0.3 is 0 Å². The number of hydrogen-bond acceptors (Lipinski definition) is 4. The largest absolute Gasteiger partial charge is 0.322 e. The smallest absolute Gasteiger partial charge is 0.255 e. The van der Waals surface area contributed by atoms with Crippen LogP contribution in [-0.4, -0.2) is 23.4 Å². The van der Waals surface area contributed by atoms with E-state index in [2.05, 4.69) is 10.6 Å². The summed E-state index contributed by atoms with van der Waals surface area (Å²) in [6, 6.07) is 37.6. The summed E-state index contributed by atoms with van der Waals surface area (Å²) in [5.74, 6) is -0.981. The molecule has 6 heteroatoms. The molecule has 40 heavy (non-hydrogen) atoms. The molecule has 0 aliphatic heterocycles. The summed E-state index contributed by atoms with van der Waals surface area (Å²) in [5, 5.41) is 5.59. The number of anilines is 2. The topological polar surface area (TPSA) is 92.3 Å². The van der Waals surface area contributed by atoms with Crippen LogP contribution in [0, 0.1) is 0 Å². The zero-order valence-corrected chi connectivity index (χ0v) is 21.3. The second-order valence-electron chi connectivity index (χ2n) is 9.03. The first-order chi connectivity index (χ1) is 19.5. The van der Waals surface area contributed by atoms with Gasteiger partial charge < -0.3 is 10.6 Å². The number of carbonyl (C=O) groups excluding carboxylic acids is 4. The molecule has 0 aromatic heterocycles. The maximum Gasteiger partial charge on any atom is 0.255 e. The Morgan fingerprint density at radius 1 is 0.350 bits per heavy atom. The Morgan fingerprint density at radius 2 is 0.675 bits per heavy atom. The van der Waals surface area contributed by atoms with Crippen molar-refractivity contribution in [1.29, 1.82) is 0 Å². The summed E-state index contributed by atoms with van der Waals surface area (Å²) < 4.78 is 0. The lowest BCUT2D eigenvalue weighted by molar-refractivity contribution is 0.102. The quantitative estimate of drug-likeness (QED) is 0.222. The van der Waals surface area contributed by atoms with E-state index in [1.165, 1.54) is 6.07 Å². The first-order valence-electron chi connectivity index (χ1n) is 12.6. The van der Waals surface area contributed by atoms with Crippen LogP contribution >= 0.6 is 0 Å². The van der Waals surface area contributed by atoms with E-state index in [9.17, 15) is 19.2 Å². The molecule has 0 aliphatic rings. The van der Waals surface area contributed by atoms with Crippen LogP contribution in [0.4, 0.5) is 11.4 Å². The molecule has 5 aromatic rings. The molecule has 194 valence electrons. The van der Waals surface area contributed by atoms with Crippen molar-refractivity contribution in [3.8, 4) is 0 Å². The summed E-state index contributed by atoms with van der Waals surface area (Å²) in [6.07, 6.45) is 0. The van der Waals surface area contributed by atoms with E-state index < -0.39 is 0 Å². The van der Waals surface area contributed by atoms with Crippen LogP contribution in [0.15, 0.2) is 133 Å². The summed E-state index contributed by atoms with van der Waals surface area (Å²) in [5.41, 5.74) is 3.86. The van der Waals surface area contributed by atoms with Crippen molar-refractivity contribution in [2.45, 2.75) is 0 Å². The van der Waals surface area contributed by atoms with Crippen molar-refractivity contribution in [1.82, 2.24) is 0 Å². The summed E-state index contributed by atoms with van der Waals surface area (Å²) in [4.78, 5) is 50.9. The minimum Gasteiger partial charge on any atom is -0.322 e. The average Bonchev–Trinajstić information content (AvgIpc) is 3.02. The van der Waals surface area contributed by atoms with Gasteiger partial charge in [-0.2, -0.15) is 0 Å². The van der Waals surface area contributed by atoms with Gasteiger partial charge in [0.2, 0.25) is 0 Å². The third-order valence-electron chi connectivity index (χ3n) is 6.27. The van der Waals surface area contributed by atoms with Gasteiger partial charge in [-0.15, -0.1) is 0 Å². The minimum absolute atomic E-state index is 0.102. The molecule has 0 heterocycles. The predicted molar refractivity (Wildman–Crippen MR) is 155 cm³/mol. The van der Waals surface area contributed by atoms with Crippen LogP contribution in [0.5, 0.6) is 0 Å². The van der Waals surface area contributed by atoms with Crippen molar-refractivity contribution in [3.63, 3.8) is 0 Å². The maximum absolute atomic E-state index is 12.9. The molecule has 6 nitrogen and oxygen atoms in total. The Kier molecular flexibility index (Phi) is 7.69. The number of ketones is 2. The fourth-order valence-corrected chi connectivity index (χ4v) is 4.13. The van der Waals surface area contributed by atoms with Crippen LogP contribution in [0.1, 0.15) is 52.6 Å². The fraction of sp³-hybridized carbons (Fsp3) is 0. The van der Waals surface area contributed by atoms with Crippen LogP contribution < -0.4 is 10.6 Å². The second kappa shape index (κ2) is 11.8. The number of hydrogen-bond donors (Lipinski definition) is 2. The molecule has 0 bridgehead atoms. The van der Waals surface area contributed by atoms with Gasteiger partial charge in [-0.25, -0.2) is 0 Å². The molecular formula is C34H24N2O4. The highest BCUT2D eigenvalue weighted by Crippen LogP contribution is 2.17. The maximum atomic E-state index is 12.9. The van der Waals surface area contributed by atoms with Gasteiger partial charge in [-0.3, -0.25) is 19.2 Å². The Labute approximate surface area is 231 Å². The third-order valence-corrected chi connectivity index (χ3v) is 6.27. The van der Waals surface area contributed by atoms with Gasteiger partial charge in [-0.1, -0.05) is 66.7 Å². The van der Waals surface area contributed by atoms with Crippen LogP contribution in [-0.2, 0) is 0 Å². The number of amides is 2. The first kappa shape index (κ1) is 26.0. The minimum atomic E-state index is -0.388. The molecule has 0 fully saturated rings. The van der Waals surface area contributed by atoms with Crippen LogP contribution in [0.25, 0.3) is 0 Å². The Bertz CT molecular complexity index is 1550. The van der Waals surface area contributed by atoms with Gasteiger partial charge in [0.1, 0.15) is 0 Å². The van der Waals surface area contributed by atoms with E-state index in [4.69, 9.17) is 0 Å². The molecule has 2 N–H and O–H groups in total. The first-order valence-corrected chi connectivity index (χ1v) is 12.6. The number of carbonyl (C=O) groups is 4. The van der Waals surface area contributed by atoms with Gasteiger partial charge in [0, 0.05) is 44.8 Å². The lowest BCUT2D eigenvalue weighted by Crippen LogP contribution is -2.15. The van der Waals surface area contributed by atoms with Crippen molar-refractivity contribution >= 4 is 34.8 Å². The highest BCUT2D eigenvalue weighted by atomic mass is 16.2. The molecule has 0 spiro atoms. The van der Waals surface area contributed by atoms with E-state index in [1.807, 2.05) is 12.1 Å². The molecule has 5 aromatic carbocycles. The zero-order chi connectivity index (χ0) is 27.9.